The molecule has 3 aromatic rings. The summed E-state index contributed by atoms with van der Waals surface area (Å²) in [5.41, 5.74) is 3.57. The summed E-state index contributed by atoms with van der Waals surface area (Å²) in [6, 6.07) is 9.41. The molecule has 0 spiro atoms. The molecule has 3 rings (SSSR count). The van der Waals surface area contributed by atoms with Gasteiger partial charge in [-0.2, -0.15) is 0 Å². The fourth-order valence-electron chi connectivity index (χ4n) is 2.58. The van der Waals surface area contributed by atoms with Crippen LogP contribution >= 0.6 is 0 Å². The molecule has 0 unspecified atom stereocenters. The maximum Gasteiger partial charge on any atom is 0.353 e. The molecule has 0 saturated heterocycles. The van der Waals surface area contributed by atoms with E-state index in [0.29, 0.717) is 5.82 Å². The fraction of sp³-hybridized carbons (Fsp3) is 0.167. The van der Waals surface area contributed by atoms with E-state index in [1.54, 1.807) is 12.3 Å². The summed E-state index contributed by atoms with van der Waals surface area (Å²) in [6.45, 7) is 5.83. The molecule has 0 fully saturated rings. The van der Waals surface area contributed by atoms with Crippen molar-refractivity contribution in [3.05, 3.63) is 69.7 Å². The summed E-state index contributed by atoms with van der Waals surface area (Å²) in [4.78, 5) is 23.4. The van der Waals surface area contributed by atoms with Crippen LogP contribution in [-0.4, -0.2) is 19.9 Å². The van der Waals surface area contributed by atoms with Gasteiger partial charge in [-0.25, -0.2) is 15.0 Å². The summed E-state index contributed by atoms with van der Waals surface area (Å²) < 4.78 is 0. The number of anilines is 4. The zero-order valence-electron chi connectivity index (χ0n) is 14.6. The van der Waals surface area contributed by atoms with Crippen LogP contribution in [0.5, 0.6) is 0 Å². The second-order valence-electron chi connectivity index (χ2n) is 6.02. The molecule has 8 heteroatoms. The first-order chi connectivity index (χ1) is 12.4. The molecule has 0 atom stereocenters. The van der Waals surface area contributed by atoms with Crippen molar-refractivity contribution in [2.75, 3.05) is 10.6 Å². The van der Waals surface area contributed by atoms with Gasteiger partial charge in [-0.05, 0) is 55.7 Å². The first-order valence-corrected chi connectivity index (χ1v) is 7.97. The van der Waals surface area contributed by atoms with Crippen molar-refractivity contribution < 1.29 is 4.92 Å². The largest absolute Gasteiger partial charge is 0.353 e. The maximum atomic E-state index is 11.6. The van der Waals surface area contributed by atoms with Gasteiger partial charge in [0.15, 0.2) is 0 Å². The van der Waals surface area contributed by atoms with Crippen LogP contribution in [0, 0.1) is 30.9 Å². The molecule has 1 aromatic carbocycles. The van der Waals surface area contributed by atoms with Crippen molar-refractivity contribution in [3.8, 4) is 0 Å². The Morgan fingerprint density at radius 1 is 0.885 bits per heavy atom. The molecular formula is C18H18N6O2. The van der Waals surface area contributed by atoms with Crippen LogP contribution in [0.4, 0.5) is 28.8 Å². The highest BCUT2D eigenvalue weighted by molar-refractivity contribution is 5.76. The van der Waals surface area contributed by atoms with E-state index < -0.39 is 4.92 Å². The van der Waals surface area contributed by atoms with Crippen LogP contribution in [0.2, 0.25) is 0 Å². The summed E-state index contributed by atoms with van der Waals surface area (Å²) in [7, 11) is 0. The van der Waals surface area contributed by atoms with Crippen molar-refractivity contribution in [1.82, 2.24) is 15.0 Å². The summed E-state index contributed by atoms with van der Waals surface area (Å²) >= 11 is 0. The van der Waals surface area contributed by atoms with Gasteiger partial charge in [0.2, 0.25) is 11.6 Å². The Bertz CT molecular complexity index is 936. The topological polar surface area (TPSA) is 106 Å². The highest BCUT2D eigenvalue weighted by Gasteiger charge is 2.23. The van der Waals surface area contributed by atoms with Crippen molar-refractivity contribution in [2.24, 2.45) is 0 Å². The monoisotopic (exact) mass is 350 g/mol. The molecule has 0 aliphatic carbocycles. The van der Waals surface area contributed by atoms with E-state index in [-0.39, 0.29) is 17.3 Å². The Morgan fingerprint density at radius 3 is 2.12 bits per heavy atom. The zero-order chi connectivity index (χ0) is 18.7. The lowest BCUT2D eigenvalue weighted by molar-refractivity contribution is -0.383. The highest BCUT2D eigenvalue weighted by atomic mass is 16.6. The first-order valence-electron chi connectivity index (χ1n) is 7.97. The van der Waals surface area contributed by atoms with E-state index >= 15 is 0 Å². The SMILES string of the molecule is Cc1ccc(Nc2ncnc(Nc3cc(C)cc(C)c3)c2[N+](=O)[O-])nc1. The van der Waals surface area contributed by atoms with Crippen molar-refractivity contribution in [3.63, 3.8) is 0 Å². The Morgan fingerprint density at radius 2 is 1.54 bits per heavy atom. The Hall–Kier alpha value is -3.55. The standard InChI is InChI=1S/C18H18N6O2/c1-11-4-5-15(19-9-11)23-18-16(24(25)26)17(20-10-21-18)22-14-7-12(2)6-13(3)8-14/h4-10H,1-3H3,(H2,19,20,21,22,23). The smallest absolute Gasteiger partial charge is 0.334 e. The molecule has 2 aromatic heterocycles. The second kappa shape index (κ2) is 7.14. The minimum atomic E-state index is -0.512. The van der Waals surface area contributed by atoms with Crippen molar-refractivity contribution >= 4 is 28.8 Å². The molecule has 0 saturated carbocycles. The van der Waals surface area contributed by atoms with E-state index in [0.717, 1.165) is 22.4 Å². The van der Waals surface area contributed by atoms with Gasteiger partial charge >= 0.3 is 5.69 Å². The molecule has 0 radical (unpaired) electrons. The van der Waals surface area contributed by atoms with Crippen LogP contribution < -0.4 is 10.6 Å². The maximum absolute atomic E-state index is 11.6. The van der Waals surface area contributed by atoms with Gasteiger partial charge in [0, 0.05) is 11.9 Å². The van der Waals surface area contributed by atoms with Crippen molar-refractivity contribution in [2.45, 2.75) is 20.8 Å². The number of nitro groups is 1. The van der Waals surface area contributed by atoms with E-state index in [1.165, 1.54) is 6.33 Å². The summed E-state index contributed by atoms with van der Waals surface area (Å²) in [5.74, 6) is 0.660. The third-order valence-electron chi connectivity index (χ3n) is 3.65. The van der Waals surface area contributed by atoms with Crippen LogP contribution in [0.25, 0.3) is 0 Å². The lowest BCUT2D eigenvalue weighted by atomic mass is 10.1. The summed E-state index contributed by atoms with van der Waals surface area (Å²) in [5, 5.41) is 17.5. The Kier molecular flexibility index (Phi) is 4.74. The third kappa shape index (κ3) is 3.92. The van der Waals surface area contributed by atoms with E-state index in [9.17, 15) is 10.1 Å². The number of hydrogen-bond donors (Lipinski definition) is 2. The van der Waals surface area contributed by atoms with Gasteiger partial charge in [0.05, 0.1) is 4.92 Å². The van der Waals surface area contributed by atoms with E-state index in [1.807, 2.05) is 45.0 Å². The molecule has 0 amide bonds. The number of rotatable bonds is 5. The van der Waals surface area contributed by atoms with Crippen LogP contribution in [0.15, 0.2) is 42.9 Å². The number of pyridine rings is 1. The van der Waals surface area contributed by atoms with Gasteiger partial charge in [0.25, 0.3) is 0 Å². The van der Waals surface area contributed by atoms with Gasteiger partial charge < -0.3 is 10.6 Å². The van der Waals surface area contributed by atoms with Gasteiger partial charge in [-0.3, -0.25) is 10.1 Å². The lowest BCUT2D eigenvalue weighted by Gasteiger charge is -2.11. The molecule has 132 valence electrons. The number of hydrogen-bond acceptors (Lipinski definition) is 7. The van der Waals surface area contributed by atoms with Crippen LogP contribution in [0.3, 0.4) is 0 Å². The quantitative estimate of drug-likeness (QED) is 0.525. The van der Waals surface area contributed by atoms with Crippen LogP contribution in [0.1, 0.15) is 16.7 Å². The minimum absolute atomic E-state index is 0.0771. The van der Waals surface area contributed by atoms with E-state index in [4.69, 9.17) is 0 Å². The molecule has 2 heterocycles. The van der Waals surface area contributed by atoms with E-state index in [2.05, 4.69) is 25.6 Å². The molecule has 26 heavy (non-hydrogen) atoms. The molecular weight excluding hydrogens is 332 g/mol. The fourth-order valence-corrected chi connectivity index (χ4v) is 2.58. The number of nitrogens with one attached hydrogen (secondary N) is 2. The first kappa shape index (κ1) is 17.3. The minimum Gasteiger partial charge on any atom is -0.334 e. The average molecular weight is 350 g/mol. The predicted octanol–water partition coefficient (Wildman–Crippen LogP) is 4.19. The summed E-state index contributed by atoms with van der Waals surface area (Å²) in [6.07, 6.45) is 2.94. The zero-order valence-corrected chi connectivity index (χ0v) is 14.6. The number of aryl methyl sites for hydroxylation is 3. The van der Waals surface area contributed by atoms with Crippen molar-refractivity contribution in [1.29, 1.82) is 0 Å². The number of nitrogens with zero attached hydrogens (tertiary/aromatic N) is 4. The van der Waals surface area contributed by atoms with Crippen LogP contribution in [-0.2, 0) is 0 Å². The number of aromatic nitrogens is 3. The Balaban J connectivity index is 1.98. The Labute approximate surface area is 150 Å². The number of benzene rings is 1. The van der Waals surface area contributed by atoms with Gasteiger partial charge in [-0.1, -0.05) is 12.1 Å². The predicted molar refractivity (Wildman–Crippen MR) is 100 cm³/mol. The molecule has 0 bridgehead atoms. The third-order valence-corrected chi connectivity index (χ3v) is 3.65. The molecule has 8 nitrogen and oxygen atoms in total. The lowest BCUT2D eigenvalue weighted by Crippen LogP contribution is -2.06. The highest BCUT2D eigenvalue weighted by Crippen LogP contribution is 2.32. The molecule has 0 aliphatic heterocycles. The molecule has 0 aliphatic rings. The van der Waals surface area contributed by atoms with Gasteiger partial charge in [-0.15, -0.1) is 0 Å². The normalized spacial score (nSPS) is 10.4. The average Bonchev–Trinajstić information content (AvgIpc) is 2.56. The van der Waals surface area contributed by atoms with Gasteiger partial charge in [0.1, 0.15) is 12.1 Å². The second-order valence-corrected chi connectivity index (χ2v) is 6.02. The molecule has 2 N–H and O–H groups in total.